The number of thiazole rings is 1. The van der Waals surface area contributed by atoms with Gasteiger partial charge in [-0.2, -0.15) is 13.2 Å². The second-order valence-electron chi connectivity index (χ2n) is 3.72. The van der Waals surface area contributed by atoms with Crippen molar-refractivity contribution in [1.29, 1.82) is 0 Å². The van der Waals surface area contributed by atoms with Crippen molar-refractivity contribution >= 4 is 17.1 Å². The molecule has 94 valence electrons. The monoisotopic (exact) mass is 271 g/mol. The molecule has 0 aliphatic carbocycles. The first-order valence-corrected chi connectivity index (χ1v) is 5.88. The predicted octanol–water partition coefficient (Wildman–Crippen LogP) is 3.70. The molecule has 0 radical (unpaired) electrons. The van der Waals surface area contributed by atoms with Crippen LogP contribution < -0.4 is 0 Å². The number of hydrogen-bond donors (Lipinski definition) is 0. The van der Waals surface area contributed by atoms with Gasteiger partial charge in [0.25, 0.3) is 0 Å². The third-order valence-corrected chi connectivity index (χ3v) is 3.23. The number of alkyl halides is 3. The van der Waals surface area contributed by atoms with Gasteiger partial charge in [-0.3, -0.25) is 9.78 Å². The Kier molecular flexibility index (Phi) is 3.21. The molecular weight excluding hydrogens is 263 g/mol. The Balaban J connectivity index is 2.40. The largest absolute Gasteiger partial charge is 0.416 e. The van der Waals surface area contributed by atoms with Crippen molar-refractivity contribution in [2.75, 3.05) is 0 Å². The molecule has 2 nitrogen and oxygen atoms in total. The Labute approximate surface area is 105 Å². The Morgan fingerprint density at radius 2 is 2.06 bits per heavy atom. The van der Waals surface area contributed by atoms with Crippen LogP contribution in [0.15, 0.2) is 29.9 Å². The van der Waals surface area contributed by atoms with Crippen molar-refractivity contribution in [1.82, 2.24) is 4.98 Å². The fourth-order valence-corrected chi connectivity index (χ4v) is 2.13. The van der Waals surface area contributed by atoms with Crippen molar-refractivity contribution in [3.05, 3.63) is 51.5 Å². The third kappa shape index (κ3) is 2.43. The van der Waals surface area contributed by atoms with E-state index in [1.54, 1.807) is 0 Å². The molecule has 0 aliphatic rings. The summed E-state index contributed by atoms with van der Waals surface area (Å²) in [6.45, 7) is 1.49. The zero-order chi connectivity index (χ0) is 13.3. The summed E-state index contributed by atoms with van der Waals surface area (Å²) < 4.78 is 37.4. The van der Waals surface area contributed by atoms with Gasteiger partial charge in [0.15, 0.2) is 0 Å². The molecule has 0 amide bonds. The zero-order valence-electron chi connectivity index (χ0n) is 9.28. The molecule has 6 heteroatoms. The van der Waals surface area contributed by atoms with Gasteiger partial charge < -0.3 is 0 Å². The minimum Gasteiger partial charge on any atom is -0.288 e. The molecule has 0 unspecified atom stereocenters. The van der Waals surface area contributed by atoms with Crippen LogP contribution >= 0.6 is 11.3 Å². The number of carbonyl (C=O) groups excluding carboxylic acids is 1. The molecule has 1 aromatic heterocycles. The molecule has 0 N–H and O–H groups in total. The molecule has 0 aliphatic heterocycles. The van der Waals surface area contributed by atoms with Crippen LogP contribution in [0.5, 0.6) is 0 Å². The fourth-order valence-electron chi connectivity index (χ4n) is 1.56. The Morgan fingerprint density at radius 1 is 1.33 bits per heavy atom. The lowest BCUT2D eigenvalue weighted by atomic mass is 10.0. The molecular formula is C12H8F3NOS. The van der Waals surface area contributed by atoms with Crippen LogP contribution in [0, 0.1) is 6.92 Å². The molecule has 0 atom stereocenters. The predicted molar refractivity (Wildman–Crippen MR) is 61.7 cm³/mol. The van der Waals surface area contributed by atoms with Gasteiger partial charge in [-0.15, -0.1) is 11.3 Å². The van der Waals surface area contributed by atoms with Gasteiger partial charge in [0.2, 0.25) is 5.78 Å². The molecule has 0 fully saturated rings. The normalized spacial score (nSPS) is 11.6. The van der Waals surface area contributed by atoms with Crippen LogP contribution in [0.1, 0.15) is 26.4 Å². The van der Waals surface area contributed by atoms with E-state index in [1.165, 1.54) is 24.7 Å². The van der Waals surface area contributed by atoms with E-state index < -0.39 is 11.7 Å². The first-order valence-electron chi connectivity index (χ1n) is 5.00. The summed E-state index contributed by atoms with van der Waals surface area (Å²) in [6, 6.07) is 3.11. The van der Waals surface area contributed by atoms with Crippen molar-refractivity contribution in [2.45, 2.75) is 13.1 Å². The number of halogens is 3. The molecule has 2 rings (SSSR count). The molecule has 0 spiro atoms. The maximum Gasteiger partial charge on any atom is 0.416 e. The summed E-state index contributed by atoms with van der Waals surface area (Å²) in [5.74, 6) is -0.302. The number of rotatable bonds is 2. The summed E-state index contributed by atoms with van der Waals surface area (Å²) in [6.07, 6.45) is -2.99. The summed E-state index contributed by atoms with van der Waals surface area (Å²) in [5, 5.41) is 0. The molecule has 18 heavy (non-hydrogen) atoms. The highest BCUT2D eigenvalue weighted by atomic mass is 32.1. The van der Waals surface area contributed by atoms with Crippen LogP contribution in [-0.4, -0.2) is 10.8 Å². The SMILES string of the molecule is Cc1cc(C(F)(F)F)ccc1C(=O)c1cncs1. The first kappa shape index (κ1) is 12.8. The first-order chi connectivity index (χ1) is 8.39. The second kappa shape index (κ2) is 4.53. The van der Waals surface area contributed by atoms with E-state index >= 15 is 0 Å². The van der Waals surface area contributed by atoms with Crippen LogP contribution in [0.3, 0.4) is 0 Å². The van der Waals surface area contributed by atoms with E-state index in [0.717, 1.165) is 23.5 Å². The number of nitrogens with zero attached hydrogens (tertiary/aromatic N) is 1. The van der Waals surface area contributed by atoms with Gasteiger partial charge in [-0.25, -0.2) is 0 Å². The van der Waals surface area contributed by atoms with E-state index in [0.29, 0.717) is 10.4 Å². The zero-order valence-corrected chi connectivity index (χ0v) is 10.1. The van der Waals surface area contributed by atoms with E-state index in [9.17, 15) is 18.0 Å². The number of aryl methyl sites for hydroxylation is 1. The average Bonchev–Trinajstić information content (AvgIpc) is 2.80. The van der Waals surface area contributed by atoms with Crippen molar-refractivity contribution < 1.29 is 18.0 Å². The molecule has 0 bridgehead atoms. The number of aromatic nitrogens is 1. The van der Waals surface area contributed by atoms with Gasteiger partial charge in [-0.05, 0) is 24.6 Å². The van der Waals surface area contributed by atoms with Crippen molar-refractivity contribution in [3.63, 3.8) is 0 Å². The number of ketones is 1. The Hall–Kier alpha value is -1.69. The van der Waals surface area contributed by atoms with Gasteiger partial charge in [0.05, 0.1) is 16.0 Å². The fraction of sp³-hybridized carbons (Fsp3) is 0.167. The van der Waals surface area contributed by atoms with Crippen LogP contribution in [0.25, 0.3) is 0 Å². The lowest BCUT2D eigenvalue weighted by Crippen LogP contribution is -2.08. The highest BCUT2D eigenvalue weighted by molar-refractivity contribution is 7.11. The maximum atomic E-state index is 12.5. The molecule has 0 saturated carbocycles. The average molecular weight is 271 g/mol. The summed E-state index contributed by atoms with van der Waals surface area (Å²) in [7, 11) is 0. The third-order valence-electron chi connectivity index (χ3n) is 2.45. The molecule has 1 heterocycles. The number of hydrogen-bond acceptors (Lipinski definition) is 3. The quantitative estimate of drug-likeness (QED) is 0.779. The minimum atomic E-state index is -4.39. The smallest absolute Gasteiger partial charge is 0.288 e. The lowest BCUT2D eigenvalue weighted by Gasteiger charge is -2.09. The van der Waals surface area contributed by atoms with Crippen molar-refractivity contribution in [2.24, 2.45) is 0 Å². The van der Waals surface area contributed by atoms with Gasteiger partial charge in [-0.1, -0.05) is 6.07 Å². The van der Waals surface area contributed by atoms with Gasteiger partial charge in [0.1, 0.15) is 0 Å². The summed E-state index contributed by atoms with van der Waals surface area (Å²) in [4.78, 5) is 16.2. The topological polar surface area (TPSA) is 30.0 Å². The van der Waals surface area contributed by atoms with Crippen LogP contribution in [0.4, 0.5) is 13.2 Å². The standard InChI is InChI=1S/C12H8F3NOS/c1-7-4-8(12(13,14)15)2-3-9(7)11(17)10-5-16-6-18-10/h2-6H,1H3. The van der Waals surface area contributed by atoms with Gasteiger partial charge in [0, 0.05) is 11.8 Å². The molecule has 2 aromatic rings. The molecule has 1 aromatic carbocycles. The number of benzene rings is 1. The maximum absolute atomic E-state index is 12.5. The van der Waals surface area contributed by atoms with Crippen LogP contribution in [-0.2, 0) is 6.18 Å². The van der Waals surface area contributed by atoms with Crippen molar-refractivity contribution in [3.8, 4) is 0 Å². The second-order valence-corrected chi connectivity index (χ2v) is 4.61. The Morgan fingerprint density at radius 3 is 2.56 bits per heavy atom. The van der Waals surface area contributed by atoms with Gasteiger partial charge >= 0.3 is 6.18 Å². The van der Waals surface area contributed by atoms with E-state index in [2.05, 4.69) is 4.98 Å². The van der Waals surface area contributed by atoms with Crippen LogP contribution in [0.2, 0.25) is 0 Å². The van der Waals surface area contributed by atoms with E-state index in [1.807, 2.05) is 0 Å². The highest BCUT2D eigenvalue weighted by Crippen LogP contribution is 2.31. The summed E-state index contributed by atoms with van der Waals surface area (Å²) >= 11 is 1.16. The lowest BCUT2D eigenvalue weighted by molar-refractivity contribution is -0.137. The van der Waals surface area contributed by atoms with E-state index in [4.69, 9.17) is 0 Å². The van der Waals surface area contributed by atoms with E-state index in [-0.39, 0.29) is 11.3 Å². The summed E-state index contributed by atoms with van der Waals surface area (Å²) in [5.41, 5.74) is 1.34. The molecule has 0 saturated heterocycles. The Bertz CT molecular complexity index is 576. The number of carbonyl (C=O) groups is 1. The highest BCUT2D eigenvalue weighted by Gasteiger charge is 2.31. The minimum absolute atomic E-state index is 0.271.